The van der Waals surface area contributed by atoms with E-state index < -0.39 is 12.0 Å². The molecular formula is C15H12I3NO4. The predicted octanol–water partition coefficient (Wildman–Crippen LogP) is 3.95. The van der Waals surface area contributed by atoms with Crippen LogP contribution in [0.1, 0.15) is 5.56 Å². The van der Waals surface area contributed by atoms with E-state index in [1.807, 2.05) is 34.7 Å². The predicted molar refractivity (Wildman–Crippen MR) is 112 cm³/mol. The first-order valence-corrected chi connectivity index (χ1v) is 9.64. The molecule has 0 aliphatic rings. The maximum absolute atomic E-state index is 10.9. The van der Waals surface area contributed by atoms with Crippen molar-refractivity contribution in [2.75, 3.05) is 0 Å². The summed E-state index contributed by atoms with van der Waals surface area (Å²) in [6.45, 7) is 0. The number of ether oxygens (including phenoxy) is 1. The topological polar surface area (TPSA) is 92.8 Å². The van der Waals surface area contributed by atoms with Crippen molar-refractivity contribution < 1.29 is 19.7 Å². The number of hydrogen-bond acceptors (Lipinski definition) is 4. The number of hydrogen-bond donors (Lipinski definition) is 3. The number of phenols is 1. The summed E-state index contributed by atoms with van der Waals surface area (Å²) in [6, 6.07) is 7.83. The first-order chi connectivity index (χ1) is 10.8. The molecular weight excluding hydrogens is 645 g/mol. The quantitative estimate of drug-likeness (QED) is 0.424. The Morgan fingerprint density at radius 2 is 1.74 bits per heavy atom. The minimum atomic E-state index is -1.02. The monoisotopic (exact) mass is 657 g/mol. The van der Waals surface area contributed by atoms with Crippen molar-refractivity contribution in [2.45, 2.75) is 12.5 Å². The Labute approximate surface area is 174 Å². The SMILES string of the molecule is N[C@@H](C[13c]1[13cH][13c](I)[13c](Oc2ccc(O)c(I)c2)[13c](I)[13cH]1)C(=O)O. The fraction of sp³-hybridized carbons (Fsp3) is 0.133. The van der Waals surface area contributed by atoms with Crippen molar-refractivity contribution in [1.29, 1.82) is 0 Å². The van der Waals surface area contributed by atoms with Crippen LogP contribution in [0, 0.1) is 10.7 Å². The molecule has 2 rings (SSSR count). The second kappa shape index (κ2) is 8.16. The van der Waals surface area contributed by atoms with Gasteiger partial charge < -0.3 is 20.7 Å². The van der Waals surface area contributed by atoms with Gasteiger partial charge in [-0.05, 0) is 110 Å². The van der Waals surface area contributed by atoms with Crippen molar-refractivity contribution >= 4 is 73.7 Å². The van der Waals surface area contributed by atoms with Crippen LogP contribution in [0.15, 0.2) is 30.3 Å². The third-order valence-electron chi connectivity index (χ3n) is 2.97. The van der Waals surface area contributed by atoms with Gasteiger partial charge in [-0.2, -0.15) is 0 Å². The smallest absolute Gasteiger partial charge is 0.320 e. The second-order valence-electron chi connectivity index (χ2n) is 4.75. The molecule has 0 aliphatic heterocycles. The molecule has 8 heteroatoms. The third-order valence-corrected chi connectivity index (χ3v) is 5.44. The lowest BCUT2D eigenvalue weighted by Gasteiger charge is -2.13. The molecule has 0 unspecified atom stereocenters. The fourth-order valence-corrected chi connectivity index (χ4v) is 4.44. The first kappa shape index (κ1) is 19.0. The van der Waals surface area contributed by atoms with Crippen molar-refractivity contribution in [2.24, 2.45) is 5.73 Å². The number of nitrogens with two attached hydrogens (primary N) is 1. The van der Waals surface area contributed by atoms with E-state index in [1.54, 1.807) is 18.2 Å². The summed E-state index contributed by atoms with van der Waals surface area (Å²) in [6.07, 6.45) is 0.263. The molecule has 2 aromatic rings. The number of benzene rings is 2. The van der Waals surface area contributed by atoms with E-state index in [9.17, 15) is 9.90 Å². The maximum atomic E-state index is 10.9. The van der Waals surface area contributed by atoms with Crippen LogP contribution in [0.5, 0.6) is 17.2 Å². The number of aromatic hydroxyl groups is 1. The normalized spacial score (nSPS) is 12.0. The molecule has 0 fully saturated rings. The Kier molecular flexibility index (Phi) is 6.74. The third kappa shape index (κ3) is 5.06. The van der Waals surface area contributed by atoms with E-state index in [0.717, 1.165) is 12.7 Å². The van der Waals surface area contributed by atoms with Gasteiger partial charge in [-0.1, -0.05) is 0 Å². The van der Waals surface area contributed by atoms with E-state index in [-0.39, 0.29) is 12.2 Å². The van der Waals surface area contributed by atoms with Crippen LogP contribution >= 0.6 is 67.8 Å². The summed E-state index contributed by atoms with van der Waals surface area (Å²) in [5, 5.41) is 18.5. The van der Waals surface area contributed by atoms with Gasteiger partial charge in [0.15, 0.2) is 5.75 Å². The minimum Gasteiger partial charge on any atom is -0.507 e. The lowest BCUT2D eigenvalue weighted by molar-refractivity contribution is -0.138. The molecule has 0 heterocycles. The molecule has 0 saturated carbocycles. The van der Waals surface area contributed by atoms with Crippen molar-refractivity contribution in [1.82, 2.24) is 0 Å². The lowest BCUT2D eigenvalue weighted by Crippen LogP contribution is -2.32. The zero-order chi connectivity index (χ0) is 17.1. The summed E-state index contributed by atoms with van der Waals surface area (Å²) in [4.78, 5) is 10.9. The molecule has 4 N–H and O–H groups in total. The van der Waals surface area contributed by atoms with Gasteiger partial charge in [0.25, 0.3) is 0 Å². The molecule has 0 bridgehead atoms. The highest BCUT2D eigenvalue weighted by Crippen LogP contribution is 2.34. The first-order valence-electron chi connectivity index (χ1n) is 6.40. The molecule has 5 nitrogen and oxygen atoms in total. The number of halogens is 3. The van der Waals surface area contributed by atoms with Crippen LogP contribution < -0.4 is 10.5 Å². The number of carbonyl (C=O) groups is 1. The molecule has 0 amide bonds. The second-order valence-corrected chi connectivity index (χ2v) is 8.24. The highest BCUT2D eigenvalue weighted by Gasteiger charge is 2.16. The highest BCUT2D eigenvalue weighted by atomic mass is 127. The van der Waals surface area contributed by atoms with Crippen molar-refractivity contribution in [3.05, 3.63) is 46.6 Å². The molecule has 0 aromatic heterocycles. The lowest BCUT2D eigenvalue weighted by atomic mass is 10.3. The van der Waals surface area contributed by atoms with Crippen LogP contribution in [0.3, 0.4) is 0 Å². The summed E-state index contributed by atoms with van der Waals surface area (Å²) < 4.78 is 8.34. The Bertz CT molecular complexity index is 728. The van der Waals surface area contributed by atoms with E-state index >= 15 is 0 Å². The van der Waals surface area contributed by atoms with Crippen LogP contribution in [0.25, 0.3) is 0 Å². The zero-order valence-electron chi connectivity index (χ0n) is 11.6. The zero-order valence-corrected chi connectivity index (χ0v) is 18.1. The van der Waals surface area contributed by atoms with Crippen molar-refractivity contribution in [3.63, 3.8) is 0 Å². The maximum Gasteiger partial charge on any atom is 0.320 e. The standard InChI is InChI=1S/C15H12I3NO4/c16-9-6-8(1-2-13(9)20)23-14-10(17)3-7(4-11(14)18)5-12(19)15(21)22/h1-4,6,12,20H,5,19H2,(H,21,22)/t12-/m0/s1/i3+1,4+1,7+1,10+1,11+1,14+1. The van der Waals surface area contributed by atoms with E-state index in [4.69, 9.17) is 15.6 Å². The Hall–Kier alpha value is -0.340. The number of carboxylic acid groups (broad SMARTS) is 1. The molecule has 0 saturated heterocycles. The van der Waals surface area contributed by atoms with Crippen LogP contribution in [0.2, 0.25) is 0 Å². The van der Waals surface area contributed by atoms with Crippen LogP contribution in [-0.2, 0) is 11.2 Å². The minimum absolute atomic E-state index is 0.209. The number of rotatable bonds is 5. The fourth-order valence-electron chi connectivity index (χ4n) is 1.84. The Morgan fingerprint density at radius 1 is 1.13 bits per heavy atom. The summed E-state index contributed by atoms with van der Waals surface area (Å²) in [7, 11) is 0. The molecule has 0 radical (unpaired) electrons. The summed E-state index contributed by atoms with van der Waals surface area (Å²) in [5.41, 5.74) is 6.43. The van der Waals surface area contributed by atoms with Gasteiger partial charge in [-0.25, -0.2) is 0 Å². The molecule has 1 atom stereocenters. The van der Waals surface area contributed by atoms with Gasteiger partial charge in [0.1, 0.15) is 17.5 Å². The molecule has 0 spiro atoms. The molecule has 122 valence electrons. The van der Waals surface area contributed by atoms with Gasteiger partial charge in [-0.15, -0.1) is 0 Å². The Balaban J connectivity index is 2.26. The number of aliphatic carboxylic acids is 1. The van der Waals surface area contributed by atoms with Gasteiger partial charge in [0, 0.05) is 0 Å². The molecule has 23 heavy (non-hydrogen) atoms. The van der Waals surface area contributed by atoms with Gasteiger partial charge >= 0.3 is 5.97 Å². The summed E-state index contributed by atoms with van der Waals surface area (Å²) in [5.74, 6) is 0.507. The average Bonchev–Trinajstić information content (AvgIpc) is 2.46. The largest absolute Gasteiger partial charge is 0.507 e. The average molecular weight is 657 g/mol. The number of carboxylic acids is 1. The van der Waals surface area contributed by atoms with Crippen LogP contribution in [-0.4, -0.2) is 22.2 Å². The van der Waals surface area contributed by atoms with Crippen LogP contribution in [0.4, 0.5) is 0 Å². The van der Waals surface area contributed by atoms with E-state index in [2.05, 4.69) is 45.2 Å². The molecule has 2 aromatic carbocycles. The Morgan fingerprint density at radius 3 is 2.26 bits per heavy atom. The molecule has 0 aliphatic carbocycles. The van der Waals surface area contributed by atoms with Gasteiger partial charge in [0.2, 0.25) is 0 Å². The van der Waals surface area contributed by atoms with E-state index in [1.165, 1.54) is 0 Å². The highest BCUT2D eigenvalue weighted by molar-refractivity contribution is 14.1. The summed E-state index contributed by atoms with van der Waals surface area (Å²) >= 11 is 6.33. The number of phenolic OH excluding ortho intramolecular Hbond substituents is 1. The van der Waals surface area contributed by atoms with Gasteiger partial charge in [0.05, 0.1) is 10.7 Å². The van der Waals surface area contributed by atoms with Crippen molar-refractivity contribution in [3.8, 4) is 17.2 Å². The van der Waals surface area contributed by atoms with E-state index in [0.29, 0.717) is 15.1 Å². The van der Waals surface area contributed by atoms with Gasteiger partial charge in [-0.3, -0.25) is 4.79 Å².